The Kier molecular flexibility index (Phi) is 5.12. The number of carbonyl (C=O) groups excluding carboxylic acids is 2. The lowest BCUT2D eigenvalue weighted by atomic mass is 10.2. The highest BCUT2D eigenvalue weighted by Gasteiger charge is 2.24. The summed E-state index contributed by atoms with van der Waals surface area (Å²) < 4.78 is 0. The van der Waals surface area contributed by atoms with Gasteiger partial charge >= 0.3 is 0 Å². The van der Waals surface area contributed by atoms with Gasteiger partial charge in [0.15, 0.2) is 0 Å². The highest BCUT2D eigenvalue weighted by molar-refractivity contribution is 5.85. The zero-order valence-electron chi connectivity index (χ0n) is 11.6. The first kappa shape index (κ1) is 14.5. The van der Waals surface area contributed by atoms with Gasteiger partial charge in [0.25, 0.3) is 0 Å². The van der Waals surface area contributed by atoms with E-state index in [4.69, 9.17) is 5.73 Å². The molecule has 1 aromatic carbocycles. The largest absolute Gasteiger partial charge is 0.336 e. The summed E-state index contributed by atoms with van der Waals surface area (Å²) in [6, 6.07) is 9.81. The Morgan fingerprint density at radius 2 is 2.05 bits per heavy atom. The predicted octanol–water partition coefficient (Wildman–Crippen LogP) is 0.596. The molecule has 1 aliphatic heterocycles. The van der Waals surface area contributed by atoms with Crippen LogP contribution in [-0.2, 0) is 16.1 Å². The molecule has 0 bridgehead atoms. The van der Waals surface area contributed by atoms with E-state index in [0.717, 1.165) is 12.0 Å². The Labute approximate surface area is 119 Å². The van der Waals surface area contributed by atoms with E-state index >= 15 is 0 Å². The minimum Gasteiger partial charge on any atom is -0.336 e. The Hall–Kier alpha value is -1.88. The zero-order valence-corrected chi connectivity index (χ0v) is 11.6. The van der Waals surface area contributed by atoms with Crippen molar-refractivity contribution in [1.29, 1.82) is 0 Å². The van der Waals surface area contributed by atoms with Crippen molar-refractivity contribution in [3.05, 3.63) is 35.9 Å². The first-order chi connectivity index (χ1) is 9.70. The summed E-state index contributed by atoms with van der Waals surface area (Å²) in [5, 5.41) is 0. The molecule has 1 aromatic rings. The number of likely N-dealkylation sites (tertiary alicyclic amines) is 1. The molecule has 20 heavy (non-hydrogen) atoms. The molecular weight excluding hydrogens is 254 g/mol. The average Bonchev–Trinajstić information content (AvgIpc) is 2.85. The zero-order chi connectivity index (χ0) is 14.4. The van der Waals surface area contributed by atoms with Crippen molar-refractivity contribution in [1.82, 2.24) is 9.80 Å². The Balaban J connectivity index is 1.96. The van der Waals surface area contributed by atoms with Crippen LogP contribution in [0.15, 0.2) is 30.3 Å². The smallest absolute Gasteiger partial charge is 0.242 e. The van der Waals surface area contributed by atoms with Crippen LogP contribution < -0.4 is 5.73 Å². The van der Waals surface area contributed by atoms with Gasteiger partial charge in [0.2, 0.25) is 11.8 Å². The van der Waals surface area contributed by atoms with Crippen molar-refractivity contribution in [2.24, 2.45) is 5.73 Å². The van der Waals surface area contributed by atoms with E-state index < -0.39 is 0 Å². The molecule has 2 amide bonds. The molecular formula is C15H21N3O2. The van der Waals surface area contributed by atoms with E-state index in [1.165, 1.54) is 0 Å². The Bertz CT molecular complexity index is 461. The highest BCUT2D eigenvalue weighted by atomic mass is 16.2. The van der Waals surface area contributed by atoms with E-state index in [-0.39, 0.29) is 18.4 Å². The minimum atomic E-state index is -0.0328. The van der Waals surface area contributed by atoms with Gasteiger partial charge in [-0.2, -0.15) is 0 Å². The summed E-state index contributed by atoms with van der Waals surface area (Å²) >= 11 is 0. The second-order valence-corrected chi connectivity index (χ2v) is 5.01. The number of carbonyl (C=O) groups is 2. The van der Waals surface area contributed by atoms with Crippen LogP contribution in [-0.4, -0.2) is 47.8 Å². The molecule has 0 spiro atoms. The summed E-state index contributed by atoms with van der Waals surface area (Å²) in [6.07, 6.45) is 1.41. The van der Waals surface area contributed by atoms with Crippen LogP contribution in [0.4, 0.5) is 0 Å². The van der Waals surface area contributed by atoms with Crippen LogP contribution >= 0.6 is 0 Å². The molecule has 0 aliphatic carbocycles. The molecule has 5 heteroatoms. The maximum atomic E-state index is 12.3. The van der Waals surface area contributed by atoms with Gasteiger partial charge in [0.1, 0.15) is 0 Å². The van der Waals surface area contributed by atoms with Gasteiger partial charge in [-0.15, -0.1) is 0 Å². The third kappa shape index (κ3) is 3.81. The monoisotopic (exact) mass is 275 g/mol. The molecule has 1 saturated heterocycles. The van der Waals surface area contributed by atoms with Crippen molar-refractivity contribution >= 4 is 11.8 Å². The standard InChI is InChI=1S/C15H21N3O2/c16-8-10-18(11-13-5-2-1-3-6-13)15(20)12-17-9-4-7-14(17)19/h1-3,5-6H,4,7-12,16H2. The van der Waals surface area contributed by atoms with E-state index in [0.29, 0.717) is 32.6 Å². The van der Waals surface area contributed by atoms with Gasteiger partial charge < -0.3 is 15.5 Å². The second kappa shape index (κ2) is 7.05. The summed E-state index contributed by atoms with van der Waals surface area (Å²) in [7, 11) is 0. The van der Waals surface area contributed by atoms with Crippen molar-refractivity contribution in [3.63, 3.8) is 0 Å². The van der Waals surface area contributed by atoms with Gasteiger partial charge in [-0.25, -0.2) is 0 Å². The number of nitrogens with zero attached hydrogens (tertiary/aromatic N) is 2. The van der Waals surface area contributed by atoms with Crippen LogP contribution in [0.2, 0.25) is 0 Å². The summed E-state index contributed by atoms with van der Waals surface area (Å²) in [4.78, 5) is 27.3. The average molecular weight is 275 g/mol. The summed E-state index contributed by atoms with van der Waals surface area (Å²) in [5.74, 6) is 0.0420. The lowest BCUT2D eigenvalue weighted by Crippen LogP contribution is -2.42. The Morgan fingerprint density at radius 3 is 2.65 bits per heavy atom. The van der Waals surface area contributed by atoms with Crippen molar-refractivity contribution < 1.29 is 9.59 Å². The third-order valence-electron chi connectivity index (χ3n) is 3.47. The second-order valence-electron chi connectivity index (χ2n) is 5.01. The maximum absolute atomic E-state index is 12.3. The molecule has 1 aliphatic rings. The fourth-order valence-electron chi connectivity index (χ4n) is 2.39. The van der Waals surface area contributed by atoms with Crippen LogP contribution in [0.5, 0.6) is 0 Å². The van der Waals surface area contributed by atoms with Gasteiger partial charge in [0, 0.05) is 32.6 Å². The SMILES string of the molecule is NCCN(Cc1ccccc1)C(=O)CN1CCCC1=O. The molecule has 0 radical (unpaired) electrons. The lowest BCUT2D eigenvalue weighted by Gasteiger charge is -2.25. The first-order valence-electron chi connectivity index (χ1n) is 7.00. The minimum absolute atomic E-state index is 0.0328. The number of amides is 2. The molecule has 0 unspecified atom stereocenters. The predicted molar refractivity (Wildman–Crippen MR) is 76.7 cm³/mol. The van der Waals surface area contributed by atoms with Crippen molar-refractivity contribution in [3.8, 4) is 0 Å². The number of hydrogen-bond acceptors (Lipinski definition) is 3. The molecule has 5 nitrogen and oxygen atoms in total. The number of nitrogens with two attached hydrogens (primary N) is 1. The maximum Gasteiger partial charge on any atom is 0.242 e. The quantitative estimate of drug-likeness (QED) is 0.826. The number of rotatable bonds is 6. The van der Waals surface area contributed by atoms with Crippen molar-refractivity contribution in [2.75, 3.05) is 26.2 Å². The van der Waals surface area contributed by atoms with E-state index in [2.05, 4.69) is 0 Å². The van der Waals surface area contributed by atoms with E-state index in [9.17, 15) is 9.59 Å². The first-order valence-corrected chi connectivity index (χ1v) is 7.00. The molecule has 0 aromatic heterocycles. The van der Waals surface area contributed by atoms with Crippen LogP contribution in [0, 0.1) is 0 Å². The van der Waals surface area contributed by atoms with E-state index in [1.807, 2.05) is 30.3 Å². The fraction of sp³-hybridized carbons (Fsp3) is 0.467. The molecule has 1 heterocycles. The molecule has 0 atom stereocenters. The topological polar surface area (TPSA) is 66.6 Å². The van der Waals surface area contributed by atoms with Gasteiger partial charge in [-0.3, -0.25) is 9.59 Å². The summed E-state index contributed by atoms with van der Waals surface area (Å²) in [5.41, 5.74) is 6.65. The fourth-order valence-corrected chi connectivity index (χ4v) is 2.39. The normalized spacial score (nSPS) is 14.7. The molecule has 0 saturated carbocycles. The third-order valence-corrected chi connectivity index (χ3v) is 3.47. The van der Waals surface area contributed by atoms with Crippen LogP contribution in [0.3, 0.4) is 0 Å². The molecule has 2 N–H and O–H groups in total. The number of benzene rings is 1. The van der Waals surface area contributed by atoms with E-state index in [1.54, 1.807) is 9.80 Å². The highest BCUT2D eigenvalue weighted by Crippen LogP contribution is 2.11. The molecule has 108 valence electrons. The van der Waals surface area contributed by atoms with Crippen molar-refractivity contribution in [2.45, 2.75) is 19.4 Å². The van der Waals surface area contributed by atoms with Crippen LogP contribution in [0.1, 0.15) is 18.4 Å². The van der Waals surface area contributed by atoms with Gasteiger partial charge in [0.05, 0.1) is 6.54 Å². The molecule has 1 fully saturated rings. The summed E-state index contributed by atoms with van der Waals surface area (Å²) in [6.45, 7) is 2.33. The van der Waals surface area contributed by atoms with Crippen LogP contribution in [0.25, 0.3) is 0 Å². The van der Waals surface area contributed by atoms with Gasteiger partial charge in [-0.05, 0) is 12.0 Å². The number of hydrogen-bond donors (Lipinski definition) is 1. The Morgan fingerprint density at radius 1 is 1.30 bits per heavy atom. The molecule has 2 rings (SSSR count). The lowest BCUT2D eigenvalue weighted by molar-refractivity contribution is -0.138. The van der Waals surface area contributed by atoms with Gasteiger partial charge in [-0.1, -0.05) is 30.3 Å².